The molecule has 4 nitrogen and oxygen atoms in total. The smallest absolute Gasteiger partial charge is 0.119 e. The summed E-state index contributed by atoms with van der Waals surface area (Å²) in [5, 5.41) is 0. The van der Waals surface area contributed by atoms with Crippen molar-refractivity contribution >= 4 is 22.7 Å². The minimum absolute atomic E-state index is 0.0268. The minimum Gasteiger partial charge on any atom is -0.497 e. The van der Waals surface area contributed by atoms with E-state index in [4.69, 9.17) is 9.47 Å². The minimum atomic E-state index is -0.112. The van der Waals surface area contributed by atoms with Crippen molar-refractivity contribution in [2.75, 3.05) is 24.0 Å². The van der Waals surface area contributed by atoms with Crippen LogP contribution in [0.15, 0.2) is 133 Å². The highest BCUT2D eigenvalue weighted by atomic mass is 16.5. The normalized spacial score (nSPS) is 12.2. The molecule has 234 valence electrons. The SMILES string of the molecule is C=C(/C=C\C(=C/C)OC)N(c1ccc(-c2ccc(N(c3ccc(OC)cc3)C(C)(C)C)cc2)cc1)c1cccc(C(C)(C)C)c1. The number of allylic oxidation sites excluding steroid dienone is 3. The van der Waals surface area contributed by atoms with Gasteiger partial charge in [-0.05, 0) is 129 Å². The third kappa shape index (κ3) is 8.07. The van der Waals surface area contributed by atoms with Crippen LogP contribution in [0.5, 0.6) is 5.75 Å². The zero-order valence-electron chi connectivity index (χ0n) is 28.4. The quantitative estimate of drug-likeness (QED) is 0.134. The maximum absolute atomic E-state index is 5.45. The molecule has 4 rings (SSSR count). The van der Waals surface area contributed by atoms with Crippen molar-refractivity contribution in [1.29, 1.82) is 0 Å². The van der Waals surface area contributed by atoms with E-state index in [0.717, 1.165) is 51.1 Å². The molecule has 0 aliphatic heterocycles. The predicted octanol–water partition coefficient (Wildman–Crippen LogP) is 11.4. The van der Waals surface area contributed by atoms with Gasteiger partial charge in [0.1, 0.15) is 11.5 Å². The van der Waals surface area contributed by atoms with Gasteiger partial charge in [-0.1, -0.05) is 63.7 Å². The number of ether oxygens (including phenoxy) is 2. The van der Waals surface area contributed by atoms with Crippen LogP contribution in [-0.4, -0.2) is 19.8 Å². The number of hydrogen-bond donors (Lipinski definition) is 0. The Bertz CT molecular complexity index is 1630. The molecule has 0 fully saturated rings. The van der Waals surface area contributed by atoms with Gasteiger partial charge in [-0.15, -0.1) is 0 Å². The molecule has 0 aliphatic rings. The molecule has 0 saturated heterocycles. The zero-order valence-corrected chi connectivity index (χ0v) is 28.4. The highest BCUT2D eigenvalue weighted by Crippen LogP contribution is 2.37. The van der Waals surface area contributed by atoms with Crippen molar-refractivity contribution in [1.82, 2.24) is 0 Å². The molecule has 45 heavy (non-hydrogen) atoms. The largest absolute Gasteiger partial charge is 0.497 e. The van der Waals surface area contributed by atoms with Crippen molar-refractivity contribution in [3.63, 3.8) is 0 Å². The molecule has 0 saturated carbocycles. The molecule has 4 heteroatoms. The molecule has 0 aliphatic carbocycles. The van der Waals surface area contributed by atoms with Crippen LogP contribution in [0.1, 0.15) is 54.0 Å². The summed E-state index contributed by atoms with van der Waals surface area (Å²) in [6.07, 6.45) is 5.89. The molecule has 0 atom stereocenters. The van der Waals surface area contributed by atoms with E-state index in [0.29, 0.717) is 0 Å². The second kappa shape index (κ2) is 13.9. The van der Waals surface area contributed by atoms with Crippen molar-refractivity contribution in [2.45, 2.75) is 59.4 Å². The highest BCUT2D eigenvalue weighted by Gasteiger charge is 2.24. The summed E-state index contributed by atoms with van der Waals surface area (Å²) in [5.41, 5.74) is 8.69. The third-order valence-electron chi connectivity index (χ3n) is 7.80. The lowest BCUT2D eigenvalue weighted by Crippen LogP contribution is -2.37. The lowest BCUT2D eigenvalue weighted by molar-refractivity contribution is 0.306. The van der Waals surface area contributed by atoms with Crippen molar-refractivity contribution in [2.24, 2.45) is 0 Å². The first kappa shape index (κ1) is 33.2. The van der Waals surface area contributed by atoms with Crippen LogP contribution in [0.2, 0.25) is 0 Å². The number of nitrogens with zero attached hydrogens (tertiary/aromatic N) is 2. The third-order valence-corrected chi connectivity index (χ3v) is 7.80. The summed E-state index contributed by atoms with van der Waals surface area (Å²) >= 11 is 0. The molecule has 0 spiro atoms. The Hall–Kier alpha value is -4.70. The van der Waals surface area contributed by atoms with Gasteiger partial charge in [0.2, 0.25) is 0 Å². The average molecular weight is 601 g/mol. The van der Waals surface area contributed by atoms with E-state index >= 15 is 0 Å². The molecule has 0 radical (unpaired) electrons. The molecule has 4 aromatic rings. The molecule has 4 aromatic carbocycles. The van der Waals surface area contributed by atoms with Gasteiger partial charge in [-0.3, -0.25) is 0 Å². The molecule has 0 aromatic heterocycles. The van der Waals surface area contributed by atoms with E-state index in [1.165, 1.54) is 5.56 Å². The predicted molar refractivity (Wildman–Crippen MR) is 193 cm³/mol. The van der Waals surface area contributed by atoms with Gasteiger partial charge in [0, 0.05) is 34.0 Å². The van der Waals surface area contributed by atoms with Crippen molar-refractivity contribution in [3.05, 3.63) is 139 Å². The number of methoxy groups -OCH3 is 2. The molecular formula is C41H48N2O2. The van der Waals surface area contributed by atoms with Gasteiger partial charge < -0.3 is 19.3 Å². The Morgan fingerprint density at radius 2 is 1.20 bits per heavy atom. The molecule has 0 heterocycles. The summed E-state index contributed by atoms with van der Waals surface area (Å²) in [6.45, 7) is 19.8. The Morgan fingerprint density at radius 3 is 1.67 bits per heavy atom. The second-order valence-electron chi connectivity index (χ2n) is 13.2. The van der Waals surface area contributed by atoms with Crippen LogP contribution in [0.3, 0.4) is 0 Å². The molecule has 0 unspecified atom stereocenters. The standard InChI is InChI=1S/C41H48N2O2/c1-11-38(44-9)26-15-30(2)42(37-14-12-13-33(29-37)40(3,4)5)34-20-16-31(17-21-34)32-18-22-35(23-19-32)43(41(6,7)8)36-24-27-39(45-10)28-25-36/h11-29H,2H2,1,3-10H3/b26-15-,38-11+. The fourth-order valence-electron chi connectivity index (χ4n) is 5.39. The van der Waals surface area contributed by atoms with Gasteiger partial charge in [-0.25, -0.2) is 0 Å². The first-order valence-electron chi connectivity index (χ1n) is 15.5. The van der Waals surface area contributed by atoms with Gasteiger partial charge >= 0.3 is 0 Å². The Balaban J connectivity index is 1.67. The van der Waals surface area contributed by atoms with Crippen LogP contribution in [0.25, 0.3) is 11.1 Å². The second-order valence-corrected chi connectivity index (χ2v) is 13.2. The summed E-state index contributed by atoms with van der Waals surface area (Å²) in [4.78, 5) is 4.54. The van der Waals surface area contributed by atoms with Gasteiger partial charge in [-0.2, -0.15) is 0 Å². The molecule has 0 N–H and O–H groups in total. The Morgan fingerprint density at radius 1 is 0.667 bits per heavy atom. The van der Waals surface area contributed by atoms with Crippen LogP contribution in [0.4, 0.5) is 22.7 Å². The van der Waals surface area contributed by atoms with Gasteiger partial charge in [0.25, 0.3) is 0 Å². The van der Waals surface area contributed by atoms with E-state index in [9.17, 15) is 0 Å². The van der Waals surface area contributed by atoms with Gasteiger partial charge in [0.05, 0.1) is 14.2 Å². The lowest BCUT2D eigenvalue weighted by Gasteiger charge is -2.38. The maximum atomic E-state index is 5.45. The first-order valence-corrected chi connectivity index (χ1v) is 15.5. The summed E-state index contributed by atoms with van der Waals surface area (Å²) in [6, 6.07) is 34.4. The molecule has 0 amide bonds. The highest BCUT2D eigenvalue weighted by molar-refractivity contribution is 5.75. The van der Waals surface area contributed by atoms with Crippen LogP contribution >= 0.6 is 0 Å². The average Bonchev–Trinajstić information content (AvgIpc) is 3.02. The topological polar surface area (TPSA) is 24.9 Å². The maximum Gasteiger partial charge on any atom is 0.119 e. The number of anilines is 4. The Kier molecular flexibility index (Phi) is 10.3. The summed E-state index contributed by atoms with van der Waals surface area (Å²) in [7, 11) is 3.37. The van der Waals surface area contributed by atoms with Gasteiger partial charge in [0.15, 0.2) is 0 Å². The van der Waals surface area contributed by atoms with E-state index in [-0.39, 0.29) is 11.0 Å². The van der Waals surface area contributed by atoms with Crippen molar-refractivity contribution in [3.8, 4) is 16.9 Å². The van der Waals surface area contributed by atoms with E-state index < -0.39 is 0 Å². The Labute approximate surface area is 270 Å². The van der Waals surface area contributed by atoms with Crippen LogP contribution in [-0.2, 0) is 10.2 Å². The number of rotatable bonds is 10. The molecule has 0 bridgehead atoms. The lowest BCUT2D eigenvalue weighted by atomic mass is 9.87. The fourth-order valence-corrected chi connectivity index (χ4v) is 5.39. The number of benzene rings is 4. The van der Waals surface area contributed by atoms with E-state index in [1.54, 1.807) is 14.2 Å². The van der Waals surface area contributed by atoms with E-state index in [2.05, 4.69) is 143 Å². The first-order chi connectivity index (χ1) is 21.3. The fraction of sp³-hybridized carbons (Fsp3) is 0.268. The number of hydrogen-bond acceptors (Lipinski definition) is 4. The van der Waals surface area contributed by atoms with Crippen LogP contribution in [0, 0.1) is 0 Å². The summed E-state index contributed by atoms with van der Waals surface area (Å²) < 4.78 is 10.8. The van der Waals surface area contributed by atoms with E-state index in [1.807, 2.05) is 37.3 Å². The molecular weight excluding hydrogens is 552 g/mol. The monoisotopic (exact) mass is 600 g/mol. The summed E-state index contributed by atoms with van der Waals surface area (Å²) in [5.74, 6) is 1.64. The zero-order chi connectivity index (χ0) is 32.8. The van der Waals surface area contributed by atoms with Crippen LogP contribution < -0.4 is 14.5 Å². The van der Waals surface area contributed by atoms with Crippen molar-refractivity contribution < 1.29 is 9.47 Å².